The van der Waals surface area contributed by atoms with Crippen molar-refractivity contribution < 1.29 is 19.5 Å². The van der Waals surface area contributed by atoms with Crippen LogP contribution in [0, 0.1) is 11.8 Å². The molecule has 4 rings (SSSR count). The number of hydrogen-bond donors (Lipinski definition) is 1. The Morgan fingerprint density at radius 1 is 1.12 bits per heavy atom. The quantitative estimate of drug-likeness (QED) is 0.616. The van der Waals surface area contributed by atoms with Gasteiger partial charge >= 0.3 is 0 Å². The molecule has 3 amide bonds. The fraction of sp³-hybridized carbons (Fsp3) is 0.720. The molecule has 0 bridgehead atoms. The van der Waals surface area contributed by atoms with E-state index in [1.807, 2.05) is 62.6 Å². The number of likely N-dealkylation sites (tertiary alicyclic amines) is 1. The van der Waals surface area contributed by atoms with Gasteiger partial charge in [-0.15, -0.1) is 11.8 Å². The zero-order valence-corrected chi connectivity index (χ0v) is 21.2. The summed E-state index contributed by atoms with van der Waals surface area (Å²) in [6.45, 7) is 11.4. The molecule has 7 nitrogen and oxygen atoms in total. The summed E-state index contributed by atoms with van der Waals surface area (Å²) in [5.74, 6) is -1.39. The second-order valence-corrected chi connectivity index (χ2v) is 12.1. The van der Waals surface area contributed by atoms with Crippen LogP contribution in [0.1, 0.15) is 47.5 Å². The Labute approximate surface area is 201 Å². The van der Waals surface area contributed by atoms with Gasteiger partial charge in [0.25, 0.3) is 0 Å². The summed E-state index contributed by atoms with van der Waals surface area (Å²) in [5.41, 5.74) is -0.415. The summed E-state index contributed by atoms with van der Waals surface area (Å²) in [4.78, 5) is 47.2. The number of carbonyl (C=O) groups is 3. The molecule has 33 heavy (non-hydrogen) atoms. The monoisotopic (exact) mass is 475 g/mol. The molecule has 4 aliphatic rings. The van der Waals surface area contributed by atoms with Crippen molar-refractivity contribution in [1.82, 2.24) is 14.7 Å². The van der Waals surface area contributed by atoms with Crippen LogP contribution in [0.3, 0.4) is 0 Å². The predicted molar refractivity (Wildman–Crippen MR) is 130 cm³/mol. The standard InChI is InChI=1S/C25H37N3O4S/c1-6-12-26-13-8-10-17-18(21(26)30)19-22(31)28(16(7-2)15-29)20-23(32)27(24(3,4)5)14-9-11-25(19,20)33-17/h8-11,16-20,29H,6-7,12-15H2,1-5H3/t16-,17+,18-,19-,20?,25-/m0/s1. The third-order valence-corrected chi connectivity index (χ3v) is 9.30. The number of carbonyl (C=O) groups excluding carboxylic acids is 3. The van der Waals surface area contributed by atoms with Gasteiger partial charge in [0.15, 0.2) is 0 Å². The van der Waals surface area contributed by atoms with Crippen LogP contribution in [0.25, 0.3) is 0 Å². The number of hydrogen-bond acceptors (Lipinski definition) is 5. The Kier molecular flexibility index (Phi) is 6.46. The normalized spacial score (nSPS) is 34.8. The van der Waals surface area contributed by atoms with E-state index in [0.717, 1.165) is 6.42 Å². The van der Waals surface area contributed by atoms with Crippen LogP contribution in [-0.2, 0) is 14.4 Å². The lowest BCUT2D eigenvalue weighted by Crippen LogP contribution is -2.59. The first-order valence-electron chi connectivity index (χ1n) is 12.2. The Balaban J connectivity index is 1.86. The maximum absolute atomic E-state index is 14.1. The van der Waals surface area contributed by atoms with E-state index in [1.165, 1.54) is 0 Å². The van der Waals surface area contributed by atoms with Gasteiger partial charge in [0.05, 0.1) is 29.2 Å². The average molecular weight is 476 g/mol. The van der Waals surface area contributed by atoms with E-state index in [2.05, 4.69) is 6.08 Å². The molecule has 0 aromatic heterocycles. The average Bonchev–Trinajstić information content (AvgIpc) is 3.07. The molecule has 4 aliphatic heterocycles. The third-order valence-electron chi connectivity index (χ3n) is 7.56. The topological polar surface area (TPSA) is 81.2 Å². The van der Waals surface area contributed by atoms with Gasteiger partial charge in [0.2, 0.25) is 17.7 Å². The summed E-state index contributed by atoms with van der Waals surface area (Å²) in [5, 5.41) is 10.0. The van der Waals surface area contributed by atoms with Crippen molar-refractivity contribution in [3.05, 3.63) is 24.3 Å². The van der Waals surface area contributed by atoms with E-state index in [-0.39, 0.29) is 29.6 Å². The molecule has 0 aromatic carbocycles. The maximum atomic E-state index is 14.1. The van der Waals surface area contributed by atoms with Gasteiger partial charge in [-0.05, 0) is 33.6 Å². The molecule has 8 heteroatoms. The van der Waals surface area contributed by atoms with Crippen molar-refractivity contribution in [2.75, 3.05) is 26.2 Å². The number of rotatable bonds is 5. The van der Waals surface area contributed by atoms with Crippen LogP contribution < -0.4 is 0 Å². The lowest BCUT2D eigenvalue weighted by atomic mass is 9.78. The highest BCUT2D eigenvalue weighted by molar-refractivity contribution is 8.02. The van der Waals surface area contributed by atoms with Crippen molar-refractivity contribution >= 4 is 29.5 Å². The van der Waals surface area contributed by atoms with Crippen LogP contribution in [0.5, 0.6) is 0 Å². The predicted octanol–water partition coefficient (Wildman–Crippen LogP) is 2.06. The summed E-state index contributed by atoms with van der Waals surface area (Å²) in [6, 6.07) is -1.19. The largest absolute Gasteiger partial charge is 0.394 e. The van der Waals surface area contributed by atoms with Crippen LogP contribution in [-0.4, -0.2) is 91.4 Å². The molecule has 1 spiro atoms. The van der Waals surface area contributed by atoms with Crippen LogP contribution in [0.15, 0.2) is 24.3 Å². The van der Waals surface area contributed by atoms with Crippen LogP contribution >= 0.6 is 11.8 Å². The van der Waals surface area contributed by atoms with Gasteiger partial charge in [-0.2, -0.15) is 0 Å². The van der Waals surface area contributed by atoms with Gasteiger partial charge in [-0.3, -0.25) is 14.4 Å². The van der Waals surface area contributed by atoms with Gasteiger partial charge in [-0.25, -0.2) is 0 Å². The number of amides is 3. The zero-order chi connectivity index (χ0) is 24.1. The first-order valence-corrected chi connectivity index (χ1v) is 13.1. The molecule has 0 aromatic rings. The molecule has 0 saturated carbocycles. The van der Waals surface area contributed by atoms with Gasteiger partial charge in [-0.1, -0.05) is 38.2 Å². The number of nitrogens with zero attached hydrogens (tertiary/aromatic N) is 3. The summed E-state index contributed by atoms with van der Waals surface area (Å²) >= 11 is 1.60. The lowest BCUT2D eigenvalue weighted by molar-refractivity contribution is -0.148. The van der Waals surface area contributed by atoms with Crippen LogP contribution in [0.2, 0.25) is 0 Å². The van der Waals surface area contributed by atoms with E-state index in [0.29, 0.717) is 26.1 Å². The third kappa shape index (κ3) is 3.64. The molecule has 6 atom stereocenters. The molecular formula is C25H37N3O4S. The van der Waals surface area contributed by atoms with Crippen LogP contribution in [0.4, 0.5) is 0 Å². The fourth-order valence-corrected chi connectivity index (χ4v) is 8.00. The smallest absolute Gasteiger partial charge is 0.247 e. The number of aliphatic hydroxyl groups excluding tert-OH is 1. The van der Waals surface area contributed by atoms with Crippen molar-refractivity contribution in [3.63, 3.8) is 0 Å². The summed E-state index contributed by atoms with van der Waals surface area (Å²) < 4.78 is -0.818. The number of aliphatic hydroxyl groups is 1. The minimum atomic E-state index is -0.818. The first-order chi connectivity index (χ1) is 15.6. The molecular weight excluding hydrogens is 438 g/mol. The van der Waals surface area contributed by atoms with Crippen molar-refractivity contribution in [2.24, 2.45) is 11.8 Å². The molecule has 1 unspecified atom stereocenters. The Morgan fingerprint density at radius 3 is 2.45 bits per heavy atom. The van der Waals surface area contributed by atoms with Crippen molar-refractivity contribution in [2.45, 2.75) is 75.1 Å². The Hall–Kier alpha value is -1.80. The van der Waals surface area contributed by atoms with Gasteiger partial charge in [0.1, 0.15) is 6.04 Å². The van der Waals surface area contributed by atoms with Gasteiger partial charge in [0, 0.05) is 30.4 Å². The van der Waals surface area contributed by atoms with E-state index >= 15 is 0 Å². The minimum absolute atomic E-state index is 0.00463. The summed E-state index contributed by atoms with van der Waals surface area (Å²) in [7, 11) is 0. The Morgan fingerprint density at radius 2 is 1.85 bits per heavy atom. The second kappa shape index (κ2) is 8.77. The molecule has 0 radical (unpaired) electrons. The number of thioether (sulfide) groups is 1. The van der Waals surface area contributed by atoms with E-state index in [9.17, 15) is 19.5 Å². The number of fused-ring (bicyclic) bond motifs is 2. The Bertz CT molecular complexity index is 877. The van der Waals surface area contributed by atoms with E-state index in [1.54, 1.807) is 16.7 Å². The highest BCUT2D eigenvalue weighted by Crippen LogP contribution is 2.61. The maximum Gasteiger partial charge on any atom is 0.247 e. The molecule has 182 valence electrons. The fourth-order valence-electron chi connectivity index (χ4n) is 6.01. The molecule has 4 heterocycles. The molecule has 0 aliphatic carbocycles. The highest BCUT2D eigenvalue weighted by Gasteiger charge is 2.71. The van der Waals surface area contributed by atoms with Crippen molar-refractivity contribution in [1.29, 1.82) is 0 Å². The highest BCUT2D eigenvalue weighted by atomic mass is 32.2. The minimum Gasteiger partial charge on any atom is -0.394 e. The van der Waals surface area contributed by atoms with E-state index < -0.39 is 34.2 Å². The molecule has 2 fully saturated rings. The van der Waals surface area contributed by atoms with Crippen molar-refractivity contribution in [3.8, 4) is 0 Å². The lowest BCUT2D eigenvalue weighted by Gasteiger charge is -2.42. The zero-order valence-electron chi connectivity index (χ0n) is 20.4. The van der Waals surface area contributed by atoms with Gasteiger partial charge < -0.3 is 19.8 Å². The summed E-state index contributed by atoms with van der Waals surface area (Å²) in [6.07, 6.45) is 9.54. The molecule has 2 saturated heterocycles. The second-order valence-electron chi connectivity index (χ2n) is 10.6. The molecule has 1 N–H and O–H groups in total. The first kappa shape index (κ1) is 24.3. The van der Waals surface area contributed by atoms with E-state index in [4.69, 9.17) is 0 Å². The SMILES string of the molecule is CCCN1CC=C[C@H]2S[C@]34C=CCN(C(C)(C)C)C(=O)C3N([C@@H](CC)CO)C(=O)[C@@H]4[C@H]2C1=O.